The Hall–Kier alpha value is -2.56. The van der Waals surface area contributed by atoms with Gasteiger partial charge in [-0.05, 0) is 12.0 Å². The highest BCUT2D eigenvalue weighted by Crippen LogP contribution is 2.19. The summed E-state index contributed by atoms with van der Waals surface area (Å²) >= 11 is 0. The highest BCUT2D eigenvalue weighted by atomic mass is 16.3. The van der Waals surface area contributed by atoms with Crippen LogP contribution in [-0.2, 0) is 13.0 Å². The number of nitrogens with zero attached hydrogens (tertiary/aromatic N) is 2. The maximum atomic E-state index is 12.4. The average Bonchev–Trinajstić information content (AvgIpc) is 2.51. The molecule has 0 saturated carbocycles. The summed E-state index contributed by atoms with van der Waals surface area (Å²) in [7, 11) is 0. The standard InChI is InChI=1S/C16H16N2O3/c19-13-7-9-17-10-11-18(16(21)14(17)15(13)20)8-6-12-4-2-1-3-5-12/h1-5,7,9,20H,6,8,10-11H2. The Balaban J connectivity index is 1.79. The second-order valence-electron chi connectivity index (χ2n) is 5.10. The van der Waals surface area contributed by atoms with E-state index in [1.54, 1.807) is 15.7 Å². The molecule has 1 aliphatic rings. The monoisotopic (exact) mass is 284 g/mol. The highest BCUT2D eigenvalue weighted by Gasteiger charge is 2.27. The first-order valence-corrected chi connectivity index (χ1v) is 6.92. The first kappa shape index (κ1) is 13.4. The summed E-state index contributed by atoms with van der Waals surface area (Å²) in [5.74, 6) is -0.737. The molecule has 0 atom stereocenters. The van der Waals surface area contributed by atoms with E-state index in [4.69, 9.17) is 0 Å². The van der Waals surface area contributed by atoms with Gasteiger partial charge in [0.15, 0.2) is 11.4 Å². The van der Waals surface area contributed by atoms with E-state index < -0.39 is 11.2 Å². The summed E-state index contributed by atoms with van der Waals surface area (Å²) in [5.41, 5.74) is 0.742. The van der Waals surface area contributed by atoms with Crippen molar-refractivity contribution in [3.63, 3.8) is 0 Å². The molecule has 108 valence electrons. The summed E-state index contributed by atoms with van der Waals surface area (Å²) in [5, 5.41) is 9.84. The van der Waals surface area contributed by atoms with Crippen molar-refractivity contribution in [2.24, 2.45) is 0 Å². The molecular weight excluding hydrogens is 268 g/mol. The first-order chi connectivity index (χ1) is 10.2. The van der Waals surface area contributed by atoms with E-state index in [9.17, 15) is 14.7 Å². The maximum absolute atomic E-state index is 12.4. The maximum Gasteiger partial charge on any atom is 0.274 e. The van der Waals surface area contributed by atoms with Crippen LogP contribution in [0.25, 0.3) is 0 Å². The second kappa shape index (κ2) is 5.44. The third-order valence-corrected chi connectivity index (χ3v) is 3.76. The van der Waals surface area contributed by atoms with Gasteiger partial charge in [0, 0.05) is 31.9 Å². The van der Waals surface area contributed by atoms with E-state index in [0.29, 0.717) is 19.6 Å². The van der Waals surface area contributed by atoms with Crippen LogP contribution < -0.4 is 5.43 Å². The fourth-order valence-corrected chi connectivity index (χ4v) is 2.58. The molecule has 0 radical (unpaired) electrons. The predicted molar refractivity (Wildman–Crippen MR) is 78.4 cm³/mol. The SMILES string of the molecule is O=C1c2c(O)c(=O)ccn2CCN1CCc1ccccc1. The van der Waals surface area contributed by atoms with Crippen molar-refractivity contribution < 1.29 is 9.90 Å². The zero-order chi connectivity index (χ0) is 14.8. The van der Waals surface area contributed by atoms with Crippen molar-refractivity contribution >= 4 is 5.91 Å². The van der Waals surface area contributed by atoms with Gasteiger partial charge in [-0.15, -0.1) is 0 Å². The molecule has 2 aromatic rings. The van der Waals surface area contributed by atoms with E-state index in [1.807, 2.05) is 30.3 Å². The topological polar surface area (TPSA) is 62.5 Å². The molecule has 1 aromatic carbocycles. The molecule has 0 bridgehead atoms. The number of carbonyl (C=O) groups is 1. The zero-order valence-electron chi connectivity index (χ0n) is 11.5. The molecule has 0 fully saturated rings. The van der Waals surface area contributed by atoms with Gasteiger partial charge in [-0.2, -0.15) is 0 Å². The van der Waals surface area contributed by atoms with Crippen LogP contribution in [0.1, 0.15) is 16.1 Å². The smallest absolute Gasteiger partial charge is 0.274 e. The molecule has 3 rings (SSSR count). The Morgan fingerprint density at radius 3 is 2.57 bits per heavy atom. The lowest BCUT2D eigenvalue weighted by molar-refractivity contribution is 0.0699. The Labute approximate surface area is 122 Å². The van der Waals surface area contributed by atoms with Gasteiger partial charge in [0.25, 0.3) is 5.91 Å². The van der Waals surface area contributed by atoms with E-state index in [2.05, 4.69) is 0 Å². The number of amides is 1. The van der Waals surface area contributed by atoms with Crippen molar-refractivity contribution in [3.8, 4) is 5.75 Å². The Bertz CT molecular complexity index is 722. The van der Waals surface area contributed by atoms with Crippen LogP contribution in [0.2, 0.25) is 0 Å². The summed E-state index contributed by atoms with van der Waals surface area (Å²) in [6.07, 6.45) is 2.31. The van der Waals surface area contributed by atoms with E-state index >= 15 is 0 Å². The number of fused-ring (bicyclic) bond motifs is 1. The van der Waals surface area contributed by atoms with Gasteiger partial charge < -0.3 is 14.6 Å². The van der Waals surface area contributed by atoms with Crippen LogP contribution in [0.4, 0.5) is 0 Å². The molecule has 5 heteroatoms. The van der Waals surface area contributed by atoms with Gasteiger partial charge >= 0.3 is 0 Å². The molecule has 0 unspecified atom stereocenters. The van der Waals surface area contributed by atoms with Gasteiger partial charge in [0.05, 0.1) is 0 Å². The summed E-state index contributed by atoms with van der Waals surface area (Å²) in [4.78, 5) is 25.6. The fraction of sp³-hybridized carbons (Fsp3) is 0.250. The largest absolute Gasteiger partial charge is 0.503 e. The fourth-order valence-electron chi connectivity index (χ4n) is 2.58. The minimum absolute atomic E-state index is 0.0989. The van der Waals surface area contributed by atoms with Crippen LogP contribution >= 0.6 is 0 Å². The highest BCUT2D eigenvalue weighted by molar-refractivity contribution is 5.95. The van der Waals surface area contributed by atoms with Crippen LogP contribution in [-0.4, -0.2) is 33.6 Å². The van der Waals surface area contributed by atoms with Gasteiger partial charge in [-0.3, -0.25) is 9.59 Å². The average molecular weight is 284 g/mol. The Kier molecular flexibility index (Phi) is 3.48. The van der Waals surface area contributed by atoms with Gasteiger partial charge in [0.1, 0.15) is 0 Å². The van der Waals surface area contributed by atoms with Crippen molar-refractivity contribution in [2.45, 2.75) is 13.0 Å². The molecule has 0 saturated heterocycles. The minimum atomic E-state index is -0.514. The van der Waals surface area contributed by atoms with Crippen LogP contribution in [0.5, 0.6) is 5.75 Å². The predicted octanol–water partition coefficient (Wildman–Crippen LogP) is 1.25. The number of hydrogen-bond donors (Lipinski definition) is 1. The van der Waals surface area contributed by atoms with Crippen molar-refractivity contribution in [1.29, 1.82) is 0 Å². The lowest BCUT2D eigenvalue weighted by Crippen LogP contribution is -2.42. The third kappa shape index (κ3) is 2.54. The molecule has 0 aliphatic carbocycles. The molecular formula is C16H16N2O3. The lowest BCUT2D eigenvalue weighted by atomic mass is 10.1. The zero-order valence-corrected chi connectivity index (χ0v) is 11.5. The quantitative estimate of drug-likeness (QED) is 0.922. The number of carbonyl (C=O) groups excluding carboxylic acids is 1. The molecule has 1 aromatic heterocycles. The molecule has 2 heterocycles. The number of aromatic nitrogens is 1. The molecule has 0 spiro atoms. The first-order valence-electron chi connectivity index (χ1n) is 6.92. The Morgan fingerprint density at radius 2 is 1.81 bits per heavy atom. The number of aromatic hydroxyl groups is 1. The summed E-state index contributed by atoms with van der Waals surface area (Å²) in [6.45, 7) is 1.75. The van der Waals surface area contributed by atoms with Gasteiger partial charge in [-0.1, -0.05) is 30.3 Å². The minimum Gasteiger partial charge on any atom is -0.503 e. The van der Waals surface area contributed by atoms with Crippen LogP contribution in [0.3, 0.4) is 0 Å². The van der Waals surface area contributed by atoms with Crippen LogP contribution in [0.15, 0.2) is 47.4 Å². The van der Waals surface area contributed by atoms with E-state index in [0.717, 1.165) is 12.0 Å². The lowest BCUT2D eigenvalue weighted by Gasteiger charge is -2.30. The van der Waals surface area contributed by atoms with E-state index in [-0.39, 0.29) is 11.6 Å². The van der Waals surface area contributed by atoms with Gasteiger partial charge in [0.2, 0.25) is 5.43 Å². The van der Waals surface area contributed by atoms with Crippen LogP contribution in [0, 0.1) is 0 Å². The van der Waals surface area contributed by atoms with Crippen molar-refractivity contribution in [1.82, 2.24) is 9.47 Å². The molecule has 21 heavy (non-hydrogen) atoms. The second-order valence-corrected chi connectivity index (χ2v) is 5.10. The molecule has 1 amide bonds. The molecule has 1 N–H and O–H groups in total. The third-order valence-electron chi connectivity index (χ3n) is 3.76. The van der Waals surface area contributed by atoms with E-state index in [1.165, 1.54) is 6.07 Å². The van der Waals surface area contributed by atoms with Gasteiger partial charge in [-0.25, -0.2) is 0 Å². The number of rotatable bonds is 3. The Morgan fingerprint density at radius 1 is 1.05 bits per heavy atom. The summed E-state index contributed by atoms with van der Waals surface area (Å²) < 4.78 is 1.64. The number of hydrogen-bond acceptors (Lipinski definition) is 3. The van der Waals surface area contributed by atoms with Crippen molar-refractivity contribution in [3.05, 3.63) is 64.1 Å². The number of pyridine rings is 1. The molecule has 1 aliphatic heterocycles. The molecule has 5 nitrogen and oxygen atoms in total. The summed E-state index contributed by atoms with van der Waals surface area (Å²) in [6, 6.07) is 11.2. The van der Waals surface area contributed by atoms with Crippen molar-refractivity contribution in [2.75, 3.05) is 13.1 Å². The normalized spacial score (nSPS) is 14.1. The number of benzene rings is 1.